The fraction of sp³-hybridized carbons (Fsp3) is 0.471. The molecule has 0 bridgehead atoms. The third-order valence-electron chi connectivity index (χ3n) is 4.20. The molecule has 3 heteroatoms. The Hall–Kier alpha value is -1.61. The third kappa shape index (κ3) is 2.93. The monoisotopic (exact) mass is 270 g/mol. The van der Waals surface area contributed by atoms with Crippen LogP contribution < -0.4 is 5.73 Å². The summed E-state index contributed by atoms with van der Waals surface area (Å²) < 4.78 is 6.05. The Bertz CT molecular complexity index is 597. The second kappa shape index (κ2) is 5.80. The van der Waals surface area contributed by atoms with Crippen LogP contribution in [0.2, 0.25) is 0 Å². The number of fused-ring (bicyclic) bond motifs is 1. The Morgan fingerprint density at radius 1 is 1.30 bits per heavy atom. The van der Waals surface area contributed by atoms with E-state index in [0.717, 1.165) is 22.4 Å². The smallest absolute Gasteiger partial charge is 0.129 e. The Balaban J connectivity index is 1.72. The minimum atomic E-state index is 0.379. The van der Waals surface area contributed by atoms with Crippen LogP contribution in [0.15, 0.2) is 30.3 Å². The highest BCUT2D eigenvalue weighted by molar-refractivity contribution is 5.81. The molecule has 20 heavy (non-hydrogen) atoms. The number of para-hydroxylation sites is 1. The van der Waals surface area contributed by atoms with E-state index in [-0.39, 0.29) is 0 Å². The molecule has 2 unspecified atom stereocenters. The summed E-state index contributed by atoms with van der Waals surface area (Å²) >= 11 is 0. The highest BCUT2D eigenvalue weighted by Crippen LogP contribution is 2.27. The van der Waals surface area contributed by atoms with Crippen molar-refractivity contribution in [3.8, 4) is 0 Å². The van der Waals surface area contributed by atoms with Gasteiger partial charge in [0.25, 0.3) is 0 Å². The number of hydrogen-bond donors (Lipinski definition) is 1. The molecule has 0 spiro atoms. The van der Waals surface area contributed by atoms with Gasteiger partial charge in [-0.2, -0.15) is 0 Å². The summed E-state index contributed by atoms with van der Waals surface area (Å²) in [5.41, 5.74) is 7.98. The van der Waals surface area contributed by atoms with Crippen LogP contribution in [0.25, 0.3) is 10.9 Å². The Morgan fingerprint density at radius 2 is 2.15 bits per heavy atom. The molecule has 0 amide bonds. The molecule has 3 nitrogen and oxygen atoms in total. The van der Waals surface area contributed by atoms with Crippen LogP contribution in [0, 0.1) is 5.92 Å². The van der Waals surface area contributed by atoms with Gasteiger partial charge in [-0.05, 0) is 30.9 Å². The summed E-state index contributed by atoms with van der Waals surface area (Å²) in [5.74, 6) is 1.37. The molecular weight excluding hydrogens is 248 g/mol. The van der Waals surface area contributed by atoms with Crippen LogP contribution in [0.3, 0.4) is 0 Å². The molecule has 0 aliphatic heterocycles. The highest BCUT2D eigenvalue weighted by Gasteiger charge is 2.19. The first-order valence-corrected chi connectivity index (χ1v) is 7.48. The van der Waals surface area contributed by atoms with E-state index in [1.807, 2.05) is 18.2 Å². The van der Waals surface area contributed by atoms with Crippen molar-refractivity contribution in [2.24, 2.45) is 5.92 Å². The molecule has 2 N–H and O–H groups in total. The first kappa shape index (κ1) is 13.4. The van der Waals surface area contributed by atoms with Crippen molar-refractivity contribution in [2.45, 2.75) is 45.3 Å². The number of hydrogen-bond acceptors (Lipinski definition) is 3. The van der Waals surface area contributed by atoms with Gasteiger partial charge in [0.1, 0.15) is 5.82 Å². The summed E-state index contributed by atoms with van der Waals surface area (Å²) in [7, 11) is 0. The van der Waals surface area contributed by atoms with Gasteiger partial charge >= 0.3 is 0 Å². The van der Waals surface area contributed by atoms with Crippen LogP contribution in [0.5, 0.6) is 0 Å². The fourth-order valence-corrected chi connectivity index (χ4v) is 3.03. The summed E-state index contributed by atoms with van der Waals surface area (Å²) in [4.78, 5) is 4.45. The number of rotatable bonds is 3. The van der Waals surface area contributed by atoms with Crippen molar-refractivity contribution in [3.05, 3.63) is 35.9 Å². The first-order valence-electron chi connectivity index (χ1n) is 7.48. The van der Waals surface area contributed by atoms with E-state index in [1.165, 1.54) is 25.7 Å². The summed E-state index contributed by atoms with van der Waals surface area (Å²) in [6.45, 7) is 2.88. The van der Waals surface area contributed by atoms with Gasteiger partial charge in [0.05, 0.1) is 18.2 Å². The van der Waals surface area contributed by atoms with Gasteiger partial charge in [-0.3, -0.25) is 0 Å². The van der Waals surface area contributed by atoms with Crippen molar-refractivity contribution < 1.29 is 4.74 Å². The number of ether oxygens (including phenoxy) is 1. The lowest BCUT2D eigenvalue weighted by atomic mass is 9.89. The second-order valence-corrected chi connectivity index (χ2v) is 5.93. The molecule has 1 fully saturated rings. The number of nitrogens with two attached hydrogens (primary N) is 1. The topological polar surface area (TPSA) is 48.1 Å². The van der Waals surface area contributed by atoms with Crippen LogP contribution in [-0.4, -0.2) is 11.1 Å². The maximum atomic E-state index is 6.05. The van der Waals surface area contributed by atoms with Gasteiger partial charge in [-0.25, -0.2) is 4.98 Å². The predicted molar refractivity (Wildman–Crippen MR) is 82.4 cm³/mol. The van der Waals surface area contributed by atoms with Gasteiger partial charge in [0, 0.05) is 10.9 Å². The fourth-order valence-electron chi connectivity index (χ4n) is 3.03. The normalized spacial score (nSPS) is 23.1. The zero-order chi connectivity index (χ0) is 13.9. The Morgan fingerprint density at radius 3 is 3.00 bits per heavy atom. The van der Waals surface area contributed by atoms with Gasteiger partial charge in [-0.1, -0.05) is 38.0 Å². The van der Waals surface area contributed by atoms with E-state index < -0.39 is 0 Å². The van der Waals surface area contributed by atoms with Crippen molar-refractivity contribution in [3.63, 3.8) is 0 Å². The average Bonchev–Trinajstić information content (AvgIpc) is 2.45. The SMILES string of the molecule is CC1CCCC(OCc2cc3ccccc3nc2N)C1. The molecule has 1 aromatic carbocycles. The van der Waals surface area contributed by atoms with Crippen LogP contribution in [-0.2, 0) is 11.3 Å². The molecule has 1 aromatic heterocycles. The molecule has 1 aliphatic carbocycles. The van der Waals surface area contributed by atoms with Gasteiger partial charge in [-0.15, -0.1) is 0 Å². The summed E-state index contributed by atoms with van der Waals surface area (Å²) in [6, 6.07) is 10.2. The number of benzene rings is 1. The molecule has 3 rings (SSSR count). The molecule has 2 atom stereocenters. The lowest BCUT2D eigenvalue weighted by molar-refractivity contribution is 0.00489. The molecular formula is C17H22N2O. The predicted octanol–water partition coefficient (Wildman–Crippen LogP) is 3.91. The third-order valence-corrected chi connectivity index (χ3v) is 4.20. The maximum Gasteiger partial charge on any atom is 0.129 e. The molecule has 2 aromatic rings. The van der Waals surface area contributed by atoms with E-state index >= 15 is 0 Å². The minimum Gasteiger partial charge on any atom is -0.383 e. The van der Waals surface area contributed by atoms with Gasteiger partial charge in [0.15, 0.2) is 0 Å². The van der Waals surface area contributed by atoms with Crippen LogP contribution in [0.1, 0.15) is 38.2 Å². The van der Waals surface area contributed by atoms with Gasteiger partial charge in [0.2, 0.25) is 0 Å². The average molecular weight is 270 g/mol. The van der Waals surface area contributed by atoms with Crippen LogP contribution in [0.4, 0.5) is 5.82 Å². The van der Waals surface area contributed by atoms with Crippen molar-refractivity contribution in [2.75, 3.05) is 5.73 Å². The second-order valence-electron chi connectivity index (χ2n) is 5.93. The van der Waals surface area contributed by atoms with E-state index in [0.29, 0.717) is 18.5 Å². The first-order chi connectivity index (χ1) is 9.72. The quantitative estimate of drug-likeness (QED) is 0.919. The van der Waals surface area contributed by atoms with Crippen molar-refractivity contribution in [1.29, 1.82) is 0 Å². The lowest BCUT2D eigenvalue weighted by Crippen LogP contribution is -2.21. The molecule has 1 heterocycles. The standard InChI is InChI=1S/C17H22N2O/c1-12-5-4-7-15(9-12)20-11-14-10-13-6-2-3-8-16(13)19-17(14)18/h2-3,6,8,10,12,15H,4-5,7,9,11H2,1H3,(H2,18,19). The van der Waals surface area contributed by atoms with E-state index in [2.05, 4.69) is 24.0 Å². The summed E-state index contributed by atoms with van der Waals surface area (Å²) in [6.07, 6.45) is 5.33. The lowest BCUT2D eigenvalue weighted by Gasteiger charge is -2.27. The van der Waals surface area contributed by atoms with Gasteiger partial charge < -0.3 is 10.5 Å². The zero-order valence-corrected chi connectivity index (χ0v) is 12.0. The zero-order valence-electron chi connectivity index (χ0n) is 12.0. The van der Waals surface area contributed by atoms with E-state index in [4.69, 9.17) is 10.5 Å². The van der Waals surface area contributed by atoms with E-state index in [9.17, 15) is 0 Å². The van der Waals surface area contributed by atoms with Crippen molar-refractivity contribution in [1.82, 2.24) is 4.98 Å². The van der Waals surface area contributed by atoms with E-state index in [1.54, 1.807) is 0 Å². The number of nitrogens with zero attached hydrogens (tertiary/aromatic N) is 1. The summed E-state index contributed by atoms with van der Waals surface area (Å²) in [5, 5.41) is 1.12. The number of nitrogen functional groups attached to an aromatic ring is 1. The van der Waals surface area contributed by atoms with Crippen molar-refractivity contribution >= 4 is 16.7 Å². The Kier molecular flexibility index (Phi) is 3.88. The maximum absolute atomic E-state index is 6.05. The minimum absolute atomic E-state index is 0.379. The molecule has 0 saturated heterocycles. The largest absolute Gasteiger partial charge is 0.383 e. The number of aromatic nitrogens is 1. The molecule has 1 saturated carbocycles. The Labute approximate surface area is 120 Å². The highest BCUT2D eigenvalue weighted by atomic mass is 16.5. The number of anilines is 1. The molecule has 0 radical (unpaired) electrons. The number of pyridine rings is 1. The molecule has 106 valence electrons. The van der Waals surface area contributed by atoms with Crippen LogP contribution >= 0.6 is 0 Å². The molecule has 1 aliphatic rings.